The number of rotatable bonds is 3. The topological polar surface area (TPSA) is 96.7 Å². The molecule has 1 aliphatic rings. The van der Waals surface area contributed by atoms with Crippen LogP contribution in [0, 0.1) is 0 Å². The van der Waals surface area contributed by atoms with Crippen molar-refractivity contribution in [3.63, 3.8) is 0 Å². The molecule has 17 heavy (non-hydrogen) atoms. The molecule has 1 saturated heterocycles. The fourth-order valence-corrected chi connectivity index (χ4v) is 3.32. The van der Waals surface area contributed by atoms with Gasteiger partial charge in [-0.15, -0.1) is 0 Å². The van der Waals surface area contributed by atoms with Crippen LogP contribution in [0.2, 0.25) is 0 Å². The van der Waals surface area contributed by atoms with E-state index in [4.69, 9.17) is 9.84 Å². The molecule has 2 heterocycles. The van der Waals surface area contributed by atoms with Crippen molar-refractivity contribution in [2.75, 3.05) is 11.5 Å². The molecular formula is C10H13NO5S. The van der Waals surface area contributed by atoms with E-state index in [9.17, 15) is 13.5 Å². The van der Waals surface area contributed by atoms with Crippen molar-refractivity contribution in [3.8, 4) is 5.75 Å². The molecule has 1 aromatic heterocycles. The molecule has 0 aliphatic carbocycles. The quantitative estimate of drug-likeness (QED) is 0.731. The van der Waals surface area contributed by atoms with Gasteiger partial charge in [-0.1, -0.05) is 0 Å². The van der Waals surface area contributed by atoms with Gasteiger partial charge < -0.3 is 14.9 Å². The smallest absolute Gasteiger partial charge is 0.156 e. The van der Waals surface area contributed by atoms with E-state index in [1.807, 2.05) is 0 Å². The highest BCUT2D eigenvalue weighted by Gasteiger charge is 2.38. The number of nitrogens with zero attached hydrogens (tertiary/aromatic N) is 1. The summed E-state index contributed by atoms with van der Waals surface area (Å²) in [6.45, 7) is -0.166. The second-order valence-electron chi connectivity index (χ2n) is 3.94. The van der Waals surface area contributed by atoms with Crippen LogP contribution in [0.1, 0.15) is 5.69 Å². The van der Waals surface area contributed by atoms with Gasteiger partial charge in [0.15, 0.2) is 9.84 Å². The van der Waals surface area contributed by atoms with Gasteiger partial charge in [0.25, 0.3) is 0 Å². The first-order valence-electron chi connectivity index (χ1n) is 5.11. The number of aliphatic hydroxyl groups is 2. The molecule has 6 nitrogen and oxygen atoms in total. The summed E-state index contributed by atoms with van der Waals surface area (Å²) in [5, 5.41) is 18.3. The van der Waals surface area contributed by atoms with Crippen LogP contribution >= 0.6 is 0 Å². The molecule has 1 aromatic rings. The third-order valence-electron chi connectivity index (χ3n) is 2.52. The van der Waals surface area contributed by atoms with E-state index in [1.165, 1.54) is 6.20 Å². The van der Waals surface area contributed by atoms with Gasteiger partial charge in [0.1, 0.15) is 18.0 Å². The molecule has 0 aromatic carbocycles. The van der Waals surface area contributed by atoms with E-state index >= 15 is 0 Å². The minimum absolute atomic E-state index is 0.166. The number of sulfone groups is 1. The minimum atomic E-state index is -3.21. The van der Waals surface area contributed by atoms with Gasteiger partial charge in [-0.2, -0.15) is 0 Å². The first kappa shape index (κ1) is 12.3. The molecule has 2 N–H and O–H groups in total. The number of pyridine rings is 1. The summed E-state index contributed by atoms with van der Waals surface area (Å²) in [5.74, 6) is -0.0706. The summed E-state index contributed by atoms with van der Waals surface area (Å²) in [6.07, 6.45) is -0.359. The first-order valence-corrected chi connectivity index (χ1v) is 6.93. The third-order valence-corrected chi connectivity index (χ3v) is 4.20. The SMILES string of the molecule is O=S1(=O)CC(O)C(Oc2ccc(CO)nc2)C1. The van der Waals surface area contributed by atoms with Gasteiger partial charge in [-0.3, -0.25) is 4.98 Å². The second-order valence-corrected chi connectivity index (χ2v) is 6.10. The molecule has 0 saturated carbocycles. The van der Waals surface area contributed by atoms with E-state index in [1.54, 1.807) is 12.1 Å². The van der Waals surface area contributed by atoms with Gasteiger partial charge >= 0.3 is 0 Å². The van der Waals surface area contributed by atoms with E-state index in [2.05, 4.69) is 4.98 Å². The summed E-state index contributed by atoms with van der Waals surface area (Å²) in [6, 6.07) is 3.15. The van der Waals surface area contributed by atoms with Crippen LogP contribution in [0.3, 0.4) is 0 Å². The first-order chi connectivity index (χ1) is 8.00. The van der Waals surface area contributed by atoms with Crippen LogP contribution in [0.5, 0.6) is 5.75 Å². The van der Waals surface area contributed by atoms with Gasteiger partial charge in [0.05, 0.1) is 30.0 Å². The van der Waals surface area contributed by atoms with E-state index in [0.29, 0.717) is 11.4 Å². The Bertz CT molecular complexity index is 484. The predicted molar refractivity (Wildman–Crippen MR) is 59.2 cm³/mol. The lowest BCUT2D eigenvalue weighted by Gasteiger charge is -2.15. The lowest BCUT2D eigenvalue weighted by Crippen LogP contribution is -2.29. The fraction of sp³-hybridized carbons (Fsp3) is 0.500. The summed E-state index contributed by atoms with van der Waals surface area (Å²) < 4.78 is 27.9. The van der Waals surface area contributed by atoms with Crippen LogP contribution < -0.4 is 4.74 Å². The molecule has 0 radical (unpaired) electrons. The highest BCUT2D eigenvalue weighted by Crippen LogP contribution is 2.19. The molecule has 1 aliphatic heterocycles. The standard InChI is InChI=1S/C10H13NO5S/c12-4-7-1-2-8(3-11-7)16-10-6-17(14,15)5-9(10)13/h1-3,9-10,12-13H,4-6H2. The Morgan fingerprint density at radius 2 is 2.18 bits per heavy atom. The molecule has 0 bridgehead atoms. The summed E-state index contributed by atoms with van der Waals surface area (Å²) in [7, 11) is -3.21. The predicted octanol–water partition coefficient (Wildman–Crippen LogP) is -0.889. The average Bonchev–Trinajstić information content (AvgIpc) is 2.53. The number of hydrogen-bond acceptors (Lipinski definition) is 6. The van der Waals surface area contributed by atoms with Gasteiger partial charge in [-0.25, -0.2) is 8.42 Å². The van der Waals surface area contributed by atoms with Crippen molar-refractivity contribution in [3.05, 3.63) is 24.0 Å². The maximum absolute atomic E-state index is 11.3. The number of hydrogen-bond donors (Lipinski definition) is 2. The molecule has 2 unspecified atom stereocenters. The largest absolute Gasteiger partial charge is 0.485 e. The second kappa shape index (κ2) is 4.59. The summed E-state index contributed by atoms with van der Waals surface area (Å²) in [5.41, 5.74) is 0.497. The Morgan fingerprint density at radius 1 is 1.41 bits per heavy atom. The average molecular weight is 259 g/mol. The molecule has 7 heteroatoms. The van der Waals surface area contributed by atoms with Crippen molar-refractivity contribution < 1.29 is 23.4 Å². The van der Waals surface area contributed by atoms with Gasteiger partial charge in [0, 0.05) is 0 Å². The van der Waals surface area contributed by atoms with Crippen molar-refractivity contribution in [2.45, 2.75) is 18.8 Å². The van der Waals surface area contributed by atoms with E-state index < -0.39 is 22.0 Å². The summed E-state index contributed by atoms with van der Waals surface area (Å²) >= 11 is 0. The molecule has 94 valence electrons. The molecule has 0 amide bonds. The number of aromatic nitrogens is 1. The normalized spacial score (nSPS) is 26.9. The van der Waals surface area contributed by atoms with Crippen LogP contribution in [0.4, 0.5) is 0 Å². The Labute approximate surface area is 98.8 Å². The lowest BCUT2D eigenvalue weighted by atomic mass is 10.2. The molecular weight excluding hydrogens is 246 g/mol. The van der Waals surface area contributed by atoms with Crippen molar-refractivity contribution in [2.24, 2.45) is 0 Å². The van der Waals surface area contributed by atoms with Crippen LogP contribution in [0.25, 0.3) is 0 Å². The zero-order valence-corrected chi connectivity index (χ0v) is 9.80. The highest BCUT2D eigenvalue weighted by molar-refractivity contribution is 7.91. The van der Waals surface area contributed by atoms with Gasteiger partial charge in [0.2, 0.25) is 0 Å². The Hall–Kier alpha value is -1.18. The lowest BCUT2D eigenvalue weighted by molar-refractivity contribution is 0.0735. The van der Waals surface area contributed by atoms with Crippen molar-refractivity contribution in [1.82, 2.24) is 4.98 Å². The molecule has 2 rings (SSSR count). The maximum Gasteiger partial charge on any atom is 0.156 e. The van der Waals surface area contributed by atoms with Crippen LogP contribution in [-0.2, 0) is 16.4 Å². The Kier molecular flexibility index (Phi) is 3.32. The minimum Gasteiger partial charge on any atom is -0.485 e. The van der Waals surface area contributed by atoms with E-state index in [0.717, 1.165) is 0 Å². The van der Waals surface area contributed by atoms with Crippen molar-refractivity contribution >= 4 is 9.84 Å². The number of ether oxygens (including phenoxy) is 1. The molecule has 2 atom stereocenters. The molecule has 1 fully saturated rings. The zero-order valence-electron chi connectivity index (χ0n) is 8.98. The fourth-order valence-electron chi connectivity index (χ4n) is 1.66. The number of aliphatic hydroxyl groups excluding tert-OH is 2. The summed E-state index contributed by atoms with van der Waals surface area (Å²) in [4.78, 5) is 3.89. The zero-order chi connectivity index (χ0) is 12.5. The van der Waals surface area contributed by atoms with Crippen LogP contribution in [-0.4, -0.2) is 47.3 Å². The molecule has 0 spiro atoms. The highest BCUT2D eigenvalue weighted by atomic mass is 32.2. The maximum atomic E-state index is 11.3. The monoisotopic (exact) mass is 259 g/mol. The van der Waals surface area contributed by atoms with Crippen molar-refractivity contribution in [1.29, 1.82) is 0 Å². The Balaban J connectivity index is 2.06. The van der Waals surface area contributed by atoms with E-state index in [-0.39, 0.29) is 18.1 Å². The van der Waals surface area contributed by atoms with Crippen LogP contribution in [0.15, 0.2) is 18.3 Å². The Morgan fingerprint density at radius 3 is 2.65 bits per heavy atom. The third kappa shape index (κ3) is 2.93. The van der Waals surface area contributed by atoms with Gasteiger partial charge in [-0.05, 0) is 12.1 Å².